The van der Waals surface area contributed by atoms with Crippen molar-refractivity contribution in [2.45, 2.75) is 45.6 Å². The third kappa shape index (κ3) is 5.53. The lowest BCUT2D eigenvalue weighted by Crippen LogP contribution is -2.14. The molecule has 0 bridgehead atoms. The number of hydrogen-bond donors (Lipinski definition) is 0. The molecule has 16 heavy (non-hydrogen) atoms. The largest absolute Gasteiger partial charge is 0.464 e. The van der Waals surface area contributed by atoms with Crippen molar-refractivity contribution in [2.24, 2.45) is 0 Å². The van der Waals surface area contributed by atoms with Gasteiger partial charge in [0.15, 0.2) is 0 Å². The quantitative estimate of drug-likeness (QED) is 0.503. The lowest BCUT2D eigenvalue weighted by Gasteiger charge is -2.04. The van der Waals surface area contributed by atoms with E-state index >= 15 is 0 Å². The van der Waals surface area contributed by atoms with Crippen LogP contribution >= 0.6 is 0 Å². The highest BCUT2D eigenvalue weighted by Crippen LogP contribution is 2.02. The maximum Gasteiger partial charge on any atom is 0.327 e. The van der Waals surface area contributed by atoms with Crippen LogP contribution in [0, 0.1) is 0 Å². The van der Waals surface area contributed by atoms with Crippen molar-refractivity contribution in [3.05, 3.63) is 18.5 Å². The molecule has 1 aromatic heterocycles. The van der Waals surface area contributed by atoms with Crippen molar-refractivity contribution in [3.8, 4) is 0 Å². The van der Waals surface area contributed by atoms with Gasteiger partial charge in [0.25, 0.3) is 0 Å². The van der Waals surface area contributed by atoms with Gasteiger partial charge < -0.3 is 4.74 Å². The summed E-state index contributed by atoms with van der Waals surface area (Å²) in [4.78, 5) is 11.3. The van der Waals surface area contributed by atoms with Crippen LogP contribution in [0.2, 0.25) is 0 Å². The number of unbranched alkanes of at least 4 members (excludes halogenated alkanes) is 4. The van der Waals surface area contributed by atoms with Crippen molar-refractivity contribution < 1.29 is 9.53 Å². The number of hydrogen-bond acceptors (Lipinski definition) is 3. The molecular weight excluding hydrogens is 204 g/mol. The summed E-state index contributed by atoms with van der Waals surface area (Å²) >= 11 is 0. The molecule has 0 aliphatic rings. The zero-order valence-corrected chi connectivity index (χ0v) is 9.89. The van der Waals surface area contributed by atoms with Gasteiger partial charge in [-0.3, -0.25) is 9.48 Å². The Kier molecular flexibility index (Phi) is 6.30. The zero-order valence-electron chi connectivity index (χ0n) is 9.89. The molecule has 1 heterocycles. The van der Waals surface area contributed by atoms with Gasteiger partial charge in [0.05, 0.1) is 6.61 Å². The number of nitrogens with zero attached hydrogens (tertiary/aromatic N) is 2. The Morgan fingerprint density at radius 1 is 1.31 bits per heavy atom. The normalized spacial score (nSPS) is 10.3. The Morgan fingerprint density at radius 3 is 2.81 bits per heavy atom. The van der Waals surface area contributed by atoms with Crippen molar-refractivity contribution in [2.75, 3.05) is 6.61 Å². The number of aromatic nitrogens is 2. The molecule has 0 atom stereocenters. The van der Waals surface area contributed by atoms with Gasteiger partial charge in [-0.1, -0.05) is 32.6 Å². The van der Waals surface area contributed by atoms with Gasteiger partial charge in [0.2, 0.25) is 0 Å². The van der Waals surface area contributed by atoms with Crippen molar-refractivity contribution in [3.63, 3.8) is 0 Å². The van der Waals surface area contributed by atoms with E-state index in [0.717, 1.165) is 12.8 Å². The lowest BCUT2D eigenvalue weighted by atomic mass is 10.2. The van der Waals surface area contributed by atoms with Crippen LogP contribution < -0.4 is 0 Å². The van der Waals surface area contributed by atoms with Crippen LogP contribution in [0.5, 0.6) is 0 Å². The van der Waals surface area contributed by atoms with Gasteiger partial charge >= 0.3 is 5.97 Å². The molecule has 0 saturated carbocycles. The van der Waals surface area contributed by atoms with Gasteiger partial charge in [0, 0.05) is 12.4 Å². The van der Waals surface area contributed by atoms with Crippen LogP contribution in [0.25, 0.3) is 0 Å². The Morgan fingerprint density at radius 2 is 2.12 bits per heavy atom. The van der Waals surface area contributed by atoms with Gasteiger partial charge in [-0.15, -0.1) is 0 Å². The summed E-state index contributed by atoms with van der Waals surface area (Å²) in [5, 5.41) is 3.94. The fraction of sp³-hybridized carbons (Fsp3) is 0.667. The van der Waals surface area contributed by atoms with Crippen LogP contribution in [0.4, 0.5) is 0 Å². The van der Waals surface area contributed by atoms with Crippen LogP contribution in [-0.4, -0.2) is 22.4 Å². The summed E-state index contributed by atoms with van der Waals surface area (Å²) in [5.74, 6) is -0.209. The van der Waals surface area contributed by atoms with Crippen molar-refractivity contribution in [1.29, 1.82) is 0 Å². The smallest absolute Gasteiger partial charge is 0.327 e. The first-order valence-corrected chi connectivity index (χ1v) is 5.96. The molecule has 1 aromatic rings. The van der Waals surface area contributed by atoms with E-state index in [1.165, 1.54) is 19.3 Å². The molecule has 0 radical (unpaired) electrons. The molecule has 4 heteroatoms. The fourth-order valence-electron chi connectivity index (χ4n) is 1.46. The molecule has 1 rings (SSSR count). The highest BCUT2D eigenvalue weighted by atomic mass is 16.5. The Bertz CT molecular complexity index is 283. The molecule has 0 spiro atoms. The second-order valence-electron chi connectivity index (χ2n) is 3.84. The first-order valence-electron chi connectivity index (χ1n) is 5.96. The molecule has 0 aromatic carbocycles. The minimum Gasteiger partial charge on any atom is -0.464 e. The maximum absolute atomic E-state index is 11.3. The molecule has 90 valence electrons. The first-order chi connectivity index (χ1) is 7.83. The minimum absolute atomic E-state index is 0.209. The Hall–Kier alpha value is -1.32. The SMILES string of the molecule is CCCCCCCOC(=O)Cn1cccn1. The Balaban J connectivity index is 1.98. The molecule has 0 aliphatic carbocycles. The third-order valence-electron chi connectivity index (χ3n) is 2.36. The number of ether oxygens (including phenoxy) is 1. The van der Waals surface area contributed by atoms with Gasteiger partial charge in [-0.2, -0.15) is 5.10 Å². The van der Waals surface area contributed by atoms with E-state index in [9.17, 15) is 4.79 Å². The molecule has 4 nitrogen and oxygen atoms in total. The average molecular weight is 224 g/mol. The topological polar surface area (TPSA) is 44.1 Å². The summed E-state index contributed by atoms with van der Waals surface area (Å²) in [7, 11) is 0. The highest BCUT2D eigenvalue weighted by molar-refractivity contribution is 5.68. The molecule has 0 fully saturated rings. The highest BCUT2D eigenvalue weighted by Gasteiger charge is 2.03. The molecule has 0 N–H and O–H groups in total. The van der Waals surface area contributed by atoms with Crippen molar-refractivity contribution in [1.82, 2.24) is 9.78 Å². The van der Waals surface area contributed by atoms with E-state index in [1.807, 2.05) is 0 Å². The summed E-state index contributed by atoms with van der Waals surface area (Å²) < 4.78 is 6.66. The van der Waals surface area contributed by atoms with E-state index in [0.29, 0.717) is 6.61 Å². The van der Waals surface area contributed by atoms with Crippen LogP contribution in [0.15, 0.2) is 18.5 Å². The van der Waals surface area contributed by atoms with Crippen molar-refractivity contribution >= 4 is 5.97 Å². The molecule has 0 amide bonds. The average Bonchev–Trinajstić information content (AvgIpc) is 2.76. The second kappa shape index (κ2) is 7.91. The third-order valence-corrected chi connectivity index (χ3v) is 2.36. The second-order valence-corrected chi connectivity index (χ2v) is 3.84. The van der Waals surface area contributed by atoms with Crippen LogP contribution in [-0.2, 0) is 16.1 Å². The van der Waals surface area contributed by atoms with E-state index < -0.39 is 0 Å². The van der Waals surface area contributed by atoms with Crippen LogP contribution in [0.1, 0.15) is 39.0 Å². The molecular formula is C12H20N2O2. The predicted molar refractivity (Wildman–Crippen MR) is 61.9 cm³/mol. The van der Waals surface area contributed by atoms with Gasteiger partial charge in [-0.05, 0) is 12.5 Å². The van der Waals surface area contributed by atoms with Gasteiger partial charge in [0.1, 0.15) is 6.54 Å². The molecule has 0 saturated heterocycles. The zero-order chi connectivity index (χ0) is 11.6. The standard InChI is InChI=1S/C12H20N2O2/c1-2-3-4-5-6-10-16-12(15)11-14-9-7-8-13-14/h7-9H,2-6,10-11H2,1H3. The summed E-state index contributed by atoms with van der Waals surface area (Å²) in [6.07, 6.45) is 9.24. The van der Waals surface area contributed by atoms with Gasteiger partial charge in [-0.25, -0.2) is 0 Å². The number of esters is 1. The van der Waals surface area contributed by atoms with E-state index in [-0.39, 0.29) is 12.5 Å². The first kappa shape index (κ1) is 12.7. The minimum atomic E-state index is -0.209. The fourth-order valence-corrected chi connectivity index (χ4v) is 1.46. The monoisotopic (exact) mass is 224 g/mol. The summed E-state index contributed by atoms with van der Waals surface area (Å²) in [6, 6.07) is 1.79. The number of carbonyl (C=O) groups is 1. The Labute approximate surface area is 96.6 Å². The number of rotatable bonds is 8. The predicted octanol–water partition coefficient (Wildman–Crippen LogP) is 2.40. The summed E-state index contributed by atoms with van der Waals surface area (Å²) in [5.41, 5.74) is 0. The van der Waals surface area contributed by atoms with E-state index in [1.54, 1.807) is 23.1 Å². The maximum atomic E-state index is 11.3. The number of carbonyl (C=O) groups excluding carboxylic acids is 1. The van der Waals surface area contributed by atoms with E-state index in [4.69, 9.17) is 4.74 Å². The van der Waals surface area contributed by atoms with Crippen LogP contribution in [0.3, 0.4) is 0 Å². The molecule has 0 aliphatic heterocycles. The molecule has 0 unspecified atom stereocenters. The summed E-state index contributed by atoms with van der Waals surface area (Å²) in [6.45, 7) is 2.93. The van der Waals surface area contributed by atoms with E-state index in [2.05, 4.69) is 12.0 Å². The lowest BCUT2D eigenvalue weighted by molar-refractivity contribution is -0.144.